The standard InChI is InChI=1S/C26H23F3O2/c1-16-7-14-23(22(27)15-16)31-26(30)19-10-8-18(9-11-19)21-13-12-20(24(28)25(21)29)17-5-3-2-4-6-17/h7-15,17H,2-6H2,1H3. The van der Waals surface area contributed by atoms with Crippen molar-refractivity contribution in [1.82, 2.24) is 0 Å². The highest BCUT2D eigenvalue weighted by Gasteiger charge is 2.23. The minimum absolute atomic E-state index is 0.0663. The van der Waals surface area contributed by atoms with Crippen LogP contribution in [0.15, 0.2) is 54.6 Å². The molecular weight excluding hydrogens is 401 g/mol. The van der Waals surface area contributed by atoms with Gasteiger partial charge in [0.2, 0.25) is 0 Å². The summed E-state index contributed by atoms with van der Waals surface area (Å²) in [5.74, 6) is -3.11. The Morgan fingerprint density at radius 3 is 2.26 bits per heavy atom. The molecule has 160 valence electrons. The fraction of sp³-hybridized carbons (Fsp3) is 0.269. The molecule has 0 radical (unpaired) electrons. The number of aryl methyl sites for hydroxylation is 1. The van der Waals surface area contributed by atoms with Crippen LogP contribution >= 0.6 is 0 Å². The van der Waals surface area contributed by atoms with Crippen LogP contribution in [-0.4, -0.2) is 5.97 Å². The van der Waals surface area contributed by atoms with E-state index >= 15 is 0 Å². The maximum Gasteiger partial charge on any atom is 0.343 e. The van der Waals surface area contributed by atoms with Gasteiger partial charge in [-0.25, -0.2) is 18.0 Å². The Labute approximate surface area is 179 Å². The zero-order valence-corrected chi connectivity index (χ0v) is 17.3. The van der Waals surface area contributed by atoms with Crippen LogP contribution in [0.1, 0.15) is 59.5 Å². The Morgan fingerprint density at radius 1 is 0.871 bits per heavy atom. The molecule has 0 spiro atoms. The Morgan fingerprint density at radius 2 is 1.58 bits per heavy atom. The molecule has 5 heteroatoms. The van der Waals surface area contributed by atoms with Gasteiger partial charge in [0.05, 0.1) is 5.56 Å². The smallest absolute Gasteiger partial charge is 0.343 e. The van der Waals surface area contributed by atoms with Crippen molar-refractivity contribution in [2.45, 2.75) is 44.9 Å². The number of carbonyl (C=O) groups excluding carboxylic acids is 1. The van der Waals surface area contributed by atoms with Crippen LogP contribution in [-0.2, 0) is 0 Å². The van der Waals surface area contributed by atoms with Crippen LogP contribution < -0.4 is 4.74 Å². The molecular formula is C26H23F3O2. The summed E-state index contributed by atoms with van der Waals surface area (Å²) in [6, 6.07) is 13.5. The second kappa shape index (κ2) is 8.96. The van der Waals surface area contributed by atoms with Gasteiger partial charge in [-0.05, 0) is 66.6 Å². The predicted molar refractivity (Wildman–Crippen MR) is 114 cm³/mol. The van der Waals surface area contributed by atoms with Crippen molar-refractivity contribution >= 4 is 5.97 Å². The van der Waals surface area contributed by atoms with Crippen molar-refractivity contribution in [2.24, 2.45) is 0 Å². The summed E-state index contributed by atoms with van der Waals surface area (Å²) < 4.78 is 48.6. The molecule has 1 aliphatic rings. The molecule has 0 bridgehead atoms. The van der Waals surface area contributed by atoms with Crippen molar-refractivity contribution in [2.75, 3.05) is 0 Å². The minimum Gasteiger partial charge on any atom is -0.420 e. The van der Waals surface area contributed by atoms with Gasteiger partial charge in [-0.3, -0.25) is 0 Å². The topological polar surface area (TPSA) is 26.3 Å². The molecule has 1 aliphatic carbocycles. The number of halogens is 3. The second-order valence-corrected chi connectivity index (χ2v) is 8.07. The first-order valence-corrected chi connectivity index (χ1v) is 10.5. The number of benzene rings is 3. The van der Waals surface area contributed by atoms with E-state index in [4.69, 9.17) is 4.74 Å². The van der Waals surface area contributed by atoms with E-state index in [1.165, 1.54) is 36.4 Å². The van der Waals surface area contributed by atoms with Crippen LogP contribution in [0, 0.1) is 24.4 Å². The lowest BCUT2D eigenvalue weighted by Gasteiger charge is -2.23. The lowest BCUT2D eigenvalue weighted by Crippen LogP contribution is -2.10. The molecule has 0 heterocycles. The van der Waals surface area contributed by atoms with E-state index in [9.17, 15) is 18.0 Å². The molecule has 2 nitrogen and oxygen atoms in total. The molecule has 3 aromatic rings. The number of rotatable bonds is 4. The van der Waals surface area contributed by atoms with Crippen LogP contribution in [0.2, 0.25) is 0 Å². The van der Waals surface area contributed by atoms with E-state index in [2.05, 4.69) is 0 Å². The summed E-state index contributed by atoms with van der Waals surface area (Å²) in [6.45, 7) is 1.73. The SMILES string of the molecule is Cc1ccc(OC(=O)c2ccc(-c3ccc(C4CCCCC4)c(F)c3F)cc2)c(F)c1. The monoisotopic (exact) mass is 424 g/mol. The summed E-state index contributed by atoms with van der Waals surface area (Å²) in [7, 11) is 0. The lowest BCUT2D eigenvalue weighted by molar-refractivity contribution is 0.0728. The van der Waals surface area contributed by atoms with Crippen molar-refractivity contribution in [3.63, 3.8) is 0 Å². The Kier molecular flexibility index (Phi) is 6.12. The summed E-state index contributed by atoms with van der Waals surface area (Å²) in [4.78, 5) is 12.3. The Hall–Kier alpha value is -3.08. The molecule has 0 saturated heterocycles. The van der Waals surface area contributed by atoms with E-state index in [1.807, 2.05) is 0 Å². The molecule has 3 aromatic carbocycles. The van der Waals surface area contributed by atoms with Crippen LogP contribution in [0.4, 0.5) is 13.2 Å². The van der Waals surface area contributed by atoms with Crippen LogP contribution in [0.25, 0.3) is 11.1 Å². The highest BCUT2D eigenvalue weighted by molar-refractivity contribution is 5.91. The van der Waals surface area contributed by atoms with Crippen LogP contribution in [0.3, 0.4) is 0 Å². The number of esters is 1. The first-order chi connectivity index (χ1) is 14.9. The largest absolute Gasteiger partial charge is 0.420 e. The Bertz CT molecular complexity index is 1100. The molecule has 0 aliphatic heterocycles. The minimum atomic E-state index is -0.875. The molecule has 31 heavy (non-hydrogen) atoms. The molecule has 1 saturated carbocycles. The summed E-state index contributed by atoms with van der Waals surface area (Å²) in [5, 5.41) is 0. The fourth-order valence-corrected chi connectivity index (χ4v) is 4.15. The van der Waals surface area contributed by atoms with Gasteiger partial charge in [0.25, 0.3) is 0 Å². The van der Waals surface area contributed by atoms with Crippen molar-refractivity contribution < 1.29 is 22.7 Å². The Balaban J connectivity index is 1.53. The average molecular weight is 424 g/mol. The highest BCUT2D eigenvalue weighted by Crippen LogP contribution is 2.37. The van der Waals surface area contributed by atoms with E-state index in [1.54, 1.807) is 25.1 Å². The van der Waals surface area contributed by atoms with Crippen LogP contribution in [0.5, 0.6) is 5.75 Å². The average Bonchev–Trinajstić information content (AvgIpc) is 2.78. The number of ether oxygens (including phenoxy) is 1. The van der Waals surface area contributed by atoms with E-state index in [0.29, 0.717) is 16.7 Å². The van der Waals surface area contributed by atoms with Gasteiger partial charge in [0.1, 0.15) is 0 Å². The molecule has 0 unspecified atom stereocenters. The first kappa shape index (κ1) is 21.2. The van der Waals surface area contributed by atoms with Gasteiger partial charge in [0, 0.05) is 5.56 Å². The second-order valence-electron chi connectivity index (χ2n) is 8.07. The summed E-state index contributed by atoms with van der Waals surface area (Å²) in [5.41, 5.74) is 1.93. The third-order valence-corrected chi connectivity index (χ3v) is 5.88. The maximum atomic E-state index is 14.8. The summed E-state index contributed by atoms with van der Waals surface area (Å²) in [6.07, 6.45) is 4.99. The van der Waals surface area contributed by atoms with Crippen molar-refractivity contribution in [3.05, 3.63) is 88.7 Å². The van der Waals surface area contributed by atoms with Gasteiger partial charge < -0.3 is 4.74 Å². The molecule has 0 atom stereocenters. The lowest BCUT2D eigenvalue weighted by atomic mass is 9.83. The van der Waals surface area contributed by atoms with E-state index in [-0.39, 0.29) is 22.8 Å². The normalized spacial score (nSPS) is 14.5. The third kappa shape index (κ3) is 4.50. The van der Waals surface area contributed by atoms with Gasteiger partial charge in [-0.2, -0.15) is 0 Å². The fourth-order valence-electron chi connectivity index (χ4n) is 4.15. The van der Waals surface area contributed by atoms with Gasteiger partial charge >= 0.3 is 5.97 Å². The van der Waals surface area contributed by atoms with E-state index in [0.717, 1.165) is 32.1 Å². The number of hydrogen-bond acceptors (Lipinski definition) is 2. The molecule has 0 N–H and O–H groups in total. The quantitative estimate of drug-likeness (QED) is 0.323. The zero-order valence-electron chi connectivity index (χ0n) is 17.3. The third-order valence-electron chi connectivity index (χ3n) is 5.88. The molecule has 0 aromatic heterocycles. The first-order valence-electron chi connectivity index (χ1n) is 10.5. The van der Waals surface area contributed by atoms with Crippen molar-refractivity contribution in [3.8, 4) is 16.9 Å². The van der Waals surface area contributed by atoms with Crippen molar-refractivity contribution in [1.29, 1.82) is 0 Å². The van der Waals surface area contributed by atoms with E-state index < -0.39 is 23.4 Å². The molecule has 0 amide bonds. The van der Waals surface area contributed by atoms with Gasteiger partial charge in [-0.15, -0.1) is 0 Å². The van der Waals surface area contributed by atoms with Gasteiger partial charge in [-0.1, -0.05) is 49.6 Å². The number of carbonyl (C=O) groups is 1. The predicted octanol–water partition coefficient (Wildman–Crippen LogP) is 7.35. The molecule has 4 rings (SSSR count). The number of hydrogen-bond donors (Lipinski definition) is 0. The maximum absolute atomic E-state index is 14.8. The highest BCUT2D eigenvalue weighted by atomic mass is 19.2. The zero-order chi connectivity index (χ0) is 22.0. The molecule has 1 fully saturated rings. The van der Waals surface area contributed by atoms with Gasteiger partial charge in [0.15, 0.2) is 23.2 Å². The summed E-state index contributed by atoms with van der Waals surface area (Å²) >= 11 is 0.